The van der Waals surface area contributed by atoms with Crippen molar-refractivity contribution in [1.29, 1.82) is 5.26 Å². The first-order valence-corrected chi connectivity index (χ1v) is 25.0. The summed E-state index contributed by atoms with van der Waals surface area (Å²) in [4.78, 5) is 55.3. The first-order chi connectivity index (χ1) is 32.8. The van der Waals surface area contributed by atoms with Crippen LogP contribution in [0.25, 0.3) is 10.4 Å². The van der Waals surface area contributed by atoms with Crippen molar-refractivity contribution in [2.24, 2.45) is 22.7 Å². The van der Waals surface area contributed by atoms with Gasteiger partial charge in [-0.25, -0.2) is 4.98 Å². The molecule has 15 nitrogen and oxygen atoms in total. The Balaban J connectivity index is 0.804. The number of pyridine rings is 1. The highest BCUT2D eigenvalue weighted by Gasteiger charge is 2.64. The lowest BCUT2D eigenvalue weighted by molar-refractivity contribution is -0.164. The van der Waals surface area contributed by atoms with Crippen molar-refractivity contribution in [1.82, 2.24) is 35.3 Å². The largest absolute Gasteiger partial charge is 0.490 e. The first-order valence-electron chi connectivity index (χ1n) is 23.7. The number of carbonyl (C=O) groups is 3. The molecule has 0 bridgehead atoms. The van der Waals surface area contributed by atoms with Gasteiger partial charge in [-0.05, 0) is 81.0 Å². The lowest BCUT2D eigenvalue weighted by atomic mass is 9.49. The standard InChI is InChI=1S/C52H62ClN9O6S/c1-30(2)44(48(66)61-26-38(63)21-43(61)47(65)58-31(3)42-16-12-36(24-55-42)45-32(4)56-29-69-45)62-27-40(25-57-62)67-28-33-17-19-60(20-18-33)37-13-9-34(10-14-37)46(64)59-49-51(5,6)50(52(49,7)8)68-39-15-11-35(23-54)41(53)22-39/h9-16,22,24-25,27,29-31,33,38,43-44,49-50,63H,17-21,26,28H2,1-8H3,(H,58,65)(H,59,64)/t31-,38+,43-,44-,49?,50?/m0/s1. The summed E-state index contributed by atoms with van der Waals surface area (Å²) in [6, 6.07) is 16.6. The number of likely N-dealkylation sites (tertiary alicyclic amines) is 1. The number of aliphatic hydroxyl groups is 1. The molecular formula is C52H62ClN9O6S. The van der Waals surface area contributed by atoms with E-state index >= 15 is 0 Å². The highest BCUT2D eigenvalue weighted by molar-refractivity contribution is 7.13. The van der Waals surface area contributed by atoms with E-state index in [1.54, 1.807) is 58.3 Å². The van der Waals surface area contributed by atoms with Gasteiger partial charge in [-0.3, -0.25) is 24.0 Å². The normalized spacial score (nSPS) is 21.8. The van der Waals surface area contributed by atoms with Crippen molar-refractivity contribution in [2.75, 3.05) is 31.1 Å². The van der Waals surface area contributed by atoms with E-state index in [-0.39, 0.29) is 59.6 Å². The fourth-order valence-electron chi connectivity index (χ4n) is 10.7. The molecule has 2 aliphatic heterocycles. The van der Waals surface area contributed by atoms with Crippen LogP contribution in [0.2, 0.25) is 5.02 Å². The Morgan fingerprint density at radius 2 is 1.71 bits per heavy atom. The molecule has 69 heavy (non-hydrogen) atoms. The number of β-amino-alcohol motifs (C(OH)–C–C–N with tert-alkyl or cyclic N) is 1. The highest BCUT2D eigenvalue weighted by Crippen LogP contribution is 2.55. The van der Waals surface area contributed by atoms with E-state index in [0.29, 0.717) is 45.9 Å². The van der Waals surface area contributed by atoms with Crippen LogP contribution >= 0.6 is 22.9 Å². The van der Waals surface area contributed by atoms with Crippen LogP contribution in [0.4, 0.5) is 5.69 Å². The average molecular weight is 977 g/mol. The minimum absolute atomic E-state index is 0.0486. The number of halogens is 1. The zero-order valence-electron chi connectivity index (χ0n) is 40.5. The van der Waals surface area contributed by atoms with Crippen LogP contribution in [-0.4, -0.2) is 98.0 Å². The van der Waals surface area contributed by atoms with Crippen LogP contribution < -0.4 is 25.0 Å². The zero-order valence-corrected chi connectivity index (χ0v) is 42.1. The van der Waals surface area contributed by atoms with Gasteiger partial charge in [0, 0.05) is 72.0 Å². The molecule has 1 aliphatic carbocycles. The number of aryl methyl sites for hydroxylation is 1. The minimum Gasteiger partial charge on any atom is -0.490 e. The van der Waals surface area contributed by atoms with E-state index in [1.807, 2.05) is 64.1 Å². The molecule has 8 rings (SSSR count). The van der Waals surface area contributed by atoms with Crippen LogP contribution in [0.1, 0.15) is 107 Å². The maximum atomic E-state index is 14.3. The van der Waals surface area contributed by atoms with Crippen LogP contribution in [0.3, 0.4) is 0 Å². The van der Waals surface area contributed by atoms with E-state index < -0.39 is 24.2 Å². The number of aliphatic hydroxyl groups excluding tert-OH is 1. The van der Waals surface area contributed by atoms with E-state index in [4.69, 9.17) is 21.1 Å². The van der Waals surface area contributed by atoms with Crippen LogP contribution in [-0.2, 0) is 9.59 Å². The Hall–Kier alpha value is -6.02. The summed E-state index contributed by atoms with van der Waals surface area (Å²) in [5.41, 5.74) is 5.68. The smallest absolute Gasteiger partial charge is 0.251 e. The maximum Gasteiger partial charge on any atom is 0.251 e. The van der Waals surface area contributed by atoms with Crippen molar-refractivity contribution in [2.45, 2.75) is 111 Å². The van der Waals surface area contributed by atoms with Crippen molar-refractivity contribution in [3.63, 3.8) is 0 Å². The predicted octanol–water partition coefficient (Wildman–Crippen LogP) is 8.18. The molecule has 3 aromatic heterocycles. The number of nitriles is 1. The third-order valence-corrected chi connectivity index (χ3v) is 15.5. The molecule has 2 saturated heterocycles. The lowest BCUT2D eigenvalue weighted by Gasteiger charge is -2.63. The van der Waals surface area contributed by atoms with Crippen molar-refractivity contribution in [3.05, 3.63) is 106 Å². The number of aromatic nitrogens is 4. The Morgan fingerprint density at radius 1 is 0.986 bits per heavy atom. The zero-order chi connectivity index (χ0) is 49.4. The fraction of sp³-hybridized carbons (Fsp3) is 0.481. The third kappa shape index (κ3) is 10.3. The molecular weight excluding hydrogens is 914 g/mol. The second-order valence-electron chi connectivity index (χ2n) is 20.3. The topological polar surface area (TPSA) is 188 Å². The summed E-state index contributed by atoms with van der Waals surface area (Å²) >= 11 is 7.82. The quantitative estimate of drug-likeness (QED) is 0.0918. The molecule has 2 aromatic carbocycles. The number of benzene rings is 2. The molecule has 3 aliphatic rings. The van der Waals surface area contributed by atoms with Crippen molar-refractivity contribution < 1.29 is 29.0 Å². The molecule has 0 spiro atoms. The molecule has 3 amide bonds. The van der Waals surface area contributed by atoms with Gasteiger partial charge < -0.3 is 35.0 Å². The number of nitrogens with one attached hydrogen (secondary N) is 2. The van der Waals surface area contributed by atoms with Gasteiger partial charge in [-0.1, -0.05) is 59.2 Å². The SMILES string of the molecule is Cc1ncsc1-c1ccc([C@H](C)NC(=O)[C@@H]2C[C@@H](O)CN2C(=O)[C@H](C(C)C)n2cc(OCC3CCN(c4ccc(C(=O)NC5C(C)(C)C(Oc6ccc(C#N)c(Cl)c6)C5(C)C)cc4)CC3)cn2)nc1. The molecule has 1 saturated carbocycles. The summed E-state index contributed by atoms with van der Waals surface area (Å²) in [5, 5.41) is 31.2. The van der Waals surface area contributed by atoms with Gasteiger partial charge in [-0.15, -0.1) is 11.3 Å². The van der Waals surface area contributed by atoms with E-state index in [9.17, 15) is 24.8 Å². The van der Waals surface area contributed by atoms with Crippen LogP contribution in [0.15, 0.2) is 78.7 Å². The number of carbonyl (C=O) groups excluding carboxylic acids is 3. The number of ether oxygens (including phenoxy) is 2. The molecule has 17 heteroatoms. The number of nitrogens with zero attached hydrogens (tertiary/aromatic N) is 7. The number of hydrogen-bond acceptors (Lipinski definition) is 12. The van der Waals surface area contributed by atoms with Gasteiger partial charge in [0.2, 0.25) is 11.8 Å². The number of piperidine rings is 1. The molecule has 364 valence electrons. The molecule has 4 atom stereocenters. The predicted molar refractivity (Wildman–Crippen MR) is 265 cm³/mol. The number of hydrogen-bond donors (Lipinski definition) is 3. The Kier molecular flexibility index (Phi) is 14.4. The highest BCUT2D eigenvalue weighted by atomic mass is 35.5. The summed E-state index contributed by atoms with van der Waals surface area (Å²) in [6.07, 6.45) is 6.09. The fourth-order valence-corrected chi connectivity index (χ4v) is 11.7. The average Bonchev–Trinajstić information content (AvgIpc) is 4.09. The van der Waals surface area contributed by atoms with Gasteiger partial charge in [0.15, 0.2) is 5.75 Å². The van der Waals surface area contributed by atoms with Gasteiger partial charge >= 0.3 is 0 Å². The number of amides is 3. The van der Waals surface area contributed by atoms with E-state index in [1.165, 1.54) is 4.90 Å². The Labute approximate surface area is 413 Å². The minimum atomic E-state index is -0.846. The van der Waals surface area contributed by atoms with Gasteiger partial charge in [-0.2, -0.15) is 10.4 Å². The summed E-state index contributed by atoms with van der Waals surface area (Å²) in [5.74, 6) is 0.531. The van der Waals surface area contributed by atoms with Gasteiger partial charge in [0.25, 0.3) is 5.91 Å². The van der Waals surface area contributed by atoms with Crippen LogP contribution in [0.5, 0.6) is 11.5 Å². The second-order valence-corrected chi connectivity index (χ2v) is 21.6. The van der Waals surface area contributed by atoms with Crippen molar-refractivity contribution in [3.8, 4) is 28.0 Å². The molecule has 0 radical (unpaired) electrons. The van der Waals surface area contributed by atoms with Gasteiger partial charge in [0.05, 0.1) is 63.5 Å². The molecule has 3 N–H and O–H groups in total. The Morgan fingerprint density at radius 3 is 2.33 bits per heavy atom. The van der Waals surface area contributed by atoms with Crippen molar-refractivity contribution >= 4 is 46.3 Å². The van der Waals surface area contributed by atoms with E-state index in [2.05, 4.69) is 64.4 Å². The summed E-state index contributed by atoms with van der Waals surface area (Å²) in [7, 11) is 0. The molecule has 5 heterocycles. The first kappa shape index (κ1) is 49.4. The summed E-state index contributed by atoms with van der Waals surface area (Å²) < 4.78 is 14.3. The van der Waals surface area contributed by atoms with Gasteiger partial charge in [0.1, 0.15) is 30.0 Å². The van der Waals surface area contributed by atoms with Crippen LogP contribution in [0, 0.1) is 40.9 Å². The number of thiazole rings is 1. The van der Waals surface area contributed by atoms with E-state index in [0.717, 1.165) is 47.8 Å². The Bertz CT molecular complexity index is 2670. The molecule has 0 unspecified atom stereocenters. The molecule has 3 fully saturated rings. The number of rotatable bonds is 15. The monoisotopic (exact) mass is 975 g/mol. The molecule has 5 aromatic rings. The second kappa shape index (κ2) is 20.1. The third-order valence-electron chi connectivity index (χ3n) is 14.2. The number of anilines is 1. The summed E-state index contributed by atoms with van der Waals surface area (Å²) in [6.45, 7) is 18.3. The maximum absolute atomic E-state index is 14.3. The lowest BCUT2D eigenvalue weighted by Crippen LogP contribution is -2.74.